The van der Waals surface area contributed by atoms with E-state index in [2.05, 4.69) is 4.98 Å². The van der Waals surface area contributed by atoms with E-state index in [0.29, 0.717) is 5.56 Å². The number of pyridine rings is 1. The first kappa shape index (κ1) is 10.3. The minimum absolute atomic E-state index is 0.0737. The monoisotopic (exact) mass is 204 g/mol. The van der Waals surface area contributed by atoms with Gasteiger partial charge in [0.25, 0.3) is 0 Å². The lowest BCUT2D eigenvalue weighted by Crippen LogP contribution is -2.49. The number of carbonyl (C=O) groups is 1. The van der Waals surface area contributed by atoms with Gasteiger partial charge in [0.1, 0.15) is 0 Å². The average molecular weight is 204 g/mol. The van der Waals surface area contributed by atoms with Gasteiger partial charge in [-0.25, -0.2) is 0 Å². The van der Waals surface area contributed by atoms with Crippen LogP contribution < -0.4 is 5.73 Å². The number of ketones is 1. The van der Waals surface area contributed by atoms with Gasteiger partial charge < -0.3 is 5.73 Å². The number of nitrogens with zero attached hydrogens (tertiary/aromatic N) is 1. The van der Waals surface area contributed by atoms with Gasteiger partial charge in [0, 0.05) is 18.0 Å². The molecule has 0 saturated heterocycles. The topological polar surface area (TPSA) is 56.0 Å². The summed E-state index contributed by atoms with van der Waals surface area (Å²) >= 11 is 0. The van der Waals surface area contributed by atoms with Gasteiger partial charge in [-0.05, 0) is 25.0 Å². The van der Waals surface area contributed by atoms with Gasteiger partial charge in [-0.3, -0.25) is 9.78 Å². The molecule has 1 aliphatic rings. The van der Waals surface area contributed by atoms with Crippen LogP contribution >= 0.6 is 0 Å². The fourth-order valence-corrected chi connectivity index (χ4v) is 2.20. The first-order chi connectivity index (χ1) is 7.22. The third-order valence-electron chi connectivity index (χ3n) is 3.14. The Morgan fingerprint density at radius 1 is 1.20 bits per heavy atom. The zero-order chi connectivity index (χ0) is 10.7. The van der Waals surface area contributed by atoms with E-state index in [-0.39, 0.29) is 5.78 Å². The van der Waals surface area contributed by atoms with E-state index in [4.69, 9.17) is 5.73 Å². The second-order valence-electron chi connectivity index (χ2n) is 4.28. The first-order valence-electron chi connectivity index (χ1n) is 5.46. The van der Waals surface area contributed by atoms with Crippen LogP contribution in [0, 0.1) is 0 Å². The summed E-state index contributed by atoms with van der Waals surface area (Å²) in [6, 6.07) is 3.48. The number of nitrogens with two attached hydrogens (primary N) is 1. The highest BCUT2D eigenvalue weighted by Crippen LogP contribution is 2.28. The molecule has 15 heavy (non-hydrogen) atoms. The summed E-state index contributed by atoms with van der Waals surface area (Å²) in [4.78, 5) is 16.1. The molecule has 3 heteroatoms. The smallest absolute Gasteiger partial charge is 0.182 e. The van der Waals surface area contributed by atoms with Gasteiger partial charge >= 0.3 is 0 Å². The Morgan fingerprint density at radius 3 is 2.40 bits per heavy atom. The lowest BCUT2D eigenvalue weighted by molar-refractivity contribution is 0.0848. The van der Waals surface area contributed by atoms with Gasteiger partial charge in [-0.2, -0.15) is 0 Å². The molecule has 0 atom stereocenters. The van der Waals surface area contributed by atoms with Gasteiger partial charge in [0.15, 0.2) is 5.78 Å². The maximum absolute atomic E-state index is 12.2. The Bertz CT molecular complexity index is 342. The zero-order valence-electron chi connectivity index (χ0n) is 8.78. The Hall–Kier alpha value is -1.22. The Labute approximate surface area is 89.7 Å². The lowest BCUT2D eigenvalue weighted by Gasteiger charge is -2.31. The molecule has 0 spiro atoms. The molecule has 2 rings (SSSR count). The summed E-state index contributed by atoms with van der Waals surface area (Å²) in [5, 5.41) is 0. The summed E-state index contributed by atoms with van der Waals surface area (Å²) in [6.45, 7) is 0. The predicted octanol–water partition coefficient (Wildman–Crippen LogP) is 1.93. The normalized spacial score (nSPS) is 19.8. The zero-order valence-corrected chi connectivity index (χ0v) is 8.78. The summed E-state index contributed by atoms with van der Waals surface area (Å²) in [5.74, 6) is 0.0737. The summed E-state index contributed by atoms with van der Waals surface area (Å²) in [7, 11) is 0. The van der Waals surface area contributed by atoms with Gasteiger partial charge in [0.05, 0.1) is 5.54 Å². The molecule has 1 fully saturated rings. The average Bonchev–Trinajstić information content (AvgIpc) is 2.30. The van der Waals surface area contributed by atoms with Crippen LogP contribution in [0.3, 0.4) is 0 Å². The molecule has 1 aromatic rings. The highest BCUT2D eigenvalue weighted by Gasteiger charge is 2.35. The fraction of sp³-hybridized carbons (Fsp3) is 0.500. The van der Waals surface area contributed by atoms with Crippen molar-refractivity contribution in [3.63, 3.8) is 0 Å². The second-order valence-corrected chi connectivity index (χ2v) is 4.28. The highest BCUT2D eigenvalue weighted by molar-refractivity contribution is 6.03. The van der Waals surface area contributed by atoms with Crippen molar-refractivity contribution in [2.24, 2.45) is 5.73 Å². The molecular weight excluding hydrogens is 188 g/mol. The molecule has 1 aliphatic carbocycles. The molecule has 0 aliphatic heterocycles. The standard InChI is InChI=1S/C12H16N2O/c13-12(6-2-1-3-7-12)11(15)10-4-8-14-9-5-10/h4-5,8-9H,1-3,6-7,13H2. The third kappa shape index (κ3) is 2.07. The highest BCUT2D eigenvalue weighted by atomic mass is 16.1. The Kier molecular flexibility index (Phi) is 2.82. The van der Waals surface area contributed by atoms with Crippen molar-refractivity contribution in [2.45, 2.75) is 37.6 Å². The first-order valence-corrected chi connectivity index (χ1v) is 5.46. The van der Waals surface area contributed by atoms with E-state index in [9.17, 15) is 4.79 Å². The van der Waals surface area contributed by atoms with Crippen LogP contribution in [0.25, 0.3) is 0 Å². The number of hydrogen-bond donors (Lipinski definition) is 1. The molecule has 0 radical (unpaired) electrons. The van der Waals surface area contributed by atoms with E-state index in [1.54, 1.807) is 24.5 Å². The maximum atomic E-state index is 12.2. The van der Waals surface area contributed by atoms with Crippen LogP contribution in [0.2, 0.25) is 0 Å². The number of carbonyl (C=O) groups excluding carboxylic acids is 1. The lowest BCUT2D eigenvalue weighted by atomic mass is 9.77. The number of rotatable bonds is 2. The molecule has 2 N–H and O–H groups in total. The minimum Gasteiger partial charge on any atom is -0.319 e. The summed E-state index contributed by atoms with van der Waals surface area (Å²) < 4.78 is 0. The van der Waals surface area contributed by atoms with E-state index in [1.165, 1.54) is 6.42 Å². The number of Topliss-reactive ketones (excluding diaryl/α,β-unsaturated/α-hetero) is 1. The number of aromatic nitrogens is 1. The Morgan fingerprint density at radius 2 is 1.80 bits per heavy atom. The van der Waals surface area contributed by atoms with Crippen molar-refractivity contribution in [1.82, 2.24) is 4.98 Å². The molecular formula is C12H16N2O. The quantitative estimate of drug-likeness (QED) is 0.749. The van der Waals surface area contributed by atoms with Crippen LogP contribution in [0.5, 0.6) is 0 Å². The van der Waals surface area contributed by atoms with E-state index >= 15 is 0 Å². The predicted molar refractivity (Wildman–Crippen MR) is 58.6 cm³/mol. The van der Waals surface area contributed by atoms with E-state index in [1.807, 2.05) is 0 Å². The molecule has 80 valence electrons. The largest absolute Gasteiger partial charge is 0.319 e. The van der Waals surface area contributed by atoms with Crippen LogP contribution in [0.1, 0.15) is 42.5 Å². The molecule has 0 aromatic carbocycles. The maximum Gasteiger partial charge on any atom is 0.182 e. The minimum atomic E-state index is -0.625. The van der Waals surface area contributed by atoms with Crippen molar-refractivity contribution in [1.29, 1.82) is 0 Å². The van der Waals surface area contributed by atoms with Crippen LogP contribution in [0.15, 0.2) is 24.5 Å². The van der Waals surface area contributed by atoms with Crippen LogP contribution in [0.4, 0.5) is 0 Å². The van der Waals surface area contributed by atoms with Crippen molar-refractivity contribution < 1.29 is 4.79 Å². The Balaban J connectivity index is 2.20. The molecule has 1 saturated carbocycles. The van der Waals surface area contributed by atoms with Gasteiger partial charge in [-0.1, -0.05) is 19.3 Å². The molecule has 3 nitrogen and oxygen atoms in total. The van der Waals surface area contributed by atoms with Crippen molar-refractivity contribution in [3.05, 3.63) is 30.1 Å². The second kappa shape index (κ2) is 4.11. The summed E-state index contributed by atoms with van der Waals surface area (Å²) in [5.41, 5.74) is 6.23. The van der Waals surface area contributed by atoms with Crippen LogP contribution in [-0.2, 0) is 0 Å². The SMILES string of the molecule is NC1(C(=O)c2ccncc2)CCCCC1. The molecule has 0 unspecified atom stereocenters. The van der Waals surface area contributed by atoms with Crippen molar-refractivity contribution in [3.8, 4) is 0 Å². The molecule has 1 aromatic heterocycles. The fourth-order valence-electron chi connectivity index (χ4n) is 2.20. The molecule has 0 amide bonds. The summed E-state index contributed by atoms with van der Waals surface area (Å²) in [6.07, 6.45) is 8.23. The van der Waals surface area contributed by atoms with Crippen LogP contribution in [-0.4, -0.2) is 16.3 Å². The van der Waals surface area contributed by atoms with Crippen molar-refractivity contribution in [2.75, 3.05) is 0 Å². The van der Waals surface area contributed by atoms with E-state index < -0.39 is 5.54 Å². The molecule has 1 heterocycles. The van der Waals surface area contributed by atoms with Gasteiger partial charge in [0.2, 0.25) is 0 Å². The number of hydrogen-bond acceptors (Lipinski definition) is 3. The molecule has 0 bridgehead atoms. The third-order valence-corrected chi connectivity index (χ3v) is 3.14. The van der Waals surface area contributed by atoms with E-state index in [0.717, 1.165) is 25.7 Å². The van der Waals surface area contributed by atoms with Gasteiger partial charge in [-0.15, -0.1) is 0 Å². The van der Waals surface area contributed by atoms with Crippen molar-refractivity contribution >= 4 is 5.78 Å².